The van der Waals surface area contributed by atoms with E-state index >= 15 is 0 Å². The van der Waals surface area contributed by atoms with Crippen molar-refractivity contribution in [1.29, 1.82) is 5.26 Å². The number of nitrogens with zero attached hydrogens (tertiary/aromatic N) is 2. The fraction of sp³-hybridized carbons (Fsp3) is 0.417. The predicted molar refractivity (Wildman–Crippen MR) is 111 cm³/mol. The van der Waals surface area contributed by atoms with Crippen molar-refractivity contribution in [2.45, 2.75) is 58.2 Å². The van der Waals surface area contributed by atoms with Gasteiger partial charge >= 0.3 is 0 Å². The zero-order valence-electron chi connectivity index (χ0n) is 16.7. The molecule has 28 heavy (non-hydrogen) atoms. The lowest BCUT2D eigenvalue weighted by Crippen LogP contribution is -2.36. The lowest BCUT2D eigenvalue weighted by molar-refractivity contribution is -0.121. The van der Waals surface area contributed by atoms with E-state index < -0.39 is 0 Å². The number of likely N-dealkylation sites (tertiary alicyclic amines) is 1. The first-order valence-corrected chi connectivity index (χ1v) is 10.2. The van der Waals surface area contributed by atoms with Crippen molar-refractivity contribution >= 4 is 5.91 Å². The van der Waals surface area contributed by atoms with Crippen molar-refractivity contribution in [2.24, 2.45) is 0 Å². The molecule has 1 amide bonds. The van der Waals surface area contributed by atoms with Crippen LogP contribution in [0.15, 0.2) is 48.5 Å². The summed E-state index contributed by atoms with van der Waals surface area (Å²) >= 11 is 0. The highest BCUT2D eigenvalue weighted by atomic mass is 16.1. The van der Waals surface area contributed by atoms with Crippen LogP contribution in [0.2, 0.25) is 0 Å². The highest BCUT2D eigenvalue weighted by molar-refractivity contribution is 5.76. The number of benzene rings is 2. The van der Waals surface area contributed by atoms with Crippen molar-refractivity contribution < 1.29 is 4.79 Å². The number of amides is 1. The van der Waals surface area contributed by atoms with Gasteiger partial charge in [-0.2, -0.15) is 5.26 Å². The Kier molecular flexibility index (Phi) is 7.22. The van der Waals surface area contributed by atoms with Crippen LogP contribution in [0.3, 0.4) is 0 Å². The average Bonchev–Trinajstić information content (AvgIpc) is 2.74. The van der Waals surface area contributed by atoms with Gasteiger partial charge in [-0.1, -0.05) is 42.8 Å². The summed E-state index contributed by atoms with van der Waals surface area (Å²) in [5, 5.41) is 11.8. The molecule has 0 aromatic heterocycles. The van der Waals surface area contributed by atoms with Crippen molar-refractivity contribution in [2.75, 3.05) is 6.54 Å². The van der Waals surface area contributed by atoms with Gasteiger partial charge in [0.2, 0.25) is 5.91 Å². The first-order valence-electron chi connectivity index (χ1n) is 10.2. The van der Waals surface area contributed by atoms with Crippen molar-refractivity contribution in [3.63, 3.8) is 0 Å². The maximum atomic E-state index is 12.1. The van der Waals surface area contributed by atoms with Gasteiger partial charge in [0.05, 0.1) is 11.6 Å². The molecule has 0 radical (unpaired) electrons. The Morgan fingerprint density at radius 1 is 1.07 bits per heavy atom. The quantitative estimate of drug-likeness (QED) is 0.790. The largest absolute Gasteiger partial charge is 0.352 e. The van der Waals surface area contributed by atoms with Gasteiger partial charge in [-0.05, 0) is 61.6 Å². The molecule has 146 valence electrons. The SMILES string of the molecule is C[C@@H]1CCCCN1Cc1ccc(CNC(=O)CCc2ccc(C#N)cc2)cc1. The highest BCUT2D eigenvalue weighted by Crippen LogP contribution is 2.19. The Hall–Kier alpha value is -2.64. The Morgan fingerprint density at radius 3 is 2.43 bits per heavy atom. The summed E-state index contributed by atoms with van der Waals surface area (Å²) in [6.45, 7) is 5.09. The topological polar surface area (TPSA) is 56.1 Å². The molecule has 1 N–H and O–H groups in total. The number of aryl methyl sites for hydroxylation is 1. The summed E-state index contributed by atoms with van der Waals surface area (Å²) in [4.78, 5) is 14.7. The van der Waals surface area contributed by atoms with Gasteiger partial charge in [-0.25, -0.2) is 0 Å². The van der Waals surface area contributed by atoms with Gasteiger partial charge in [0.25, 0.3) is 0 Å². The number of carbonyl (C=O) groups is 1. The molecule has 1 aliphatic rings. The Bertz CT molecular complexity index is 805. The molecule has 0 aliphatic carbocycles. The zero-order chi connectivity index (χ0) is 19.8. The summed E-state index contributed by atoms with van der Waals surface area (Å²) in [5.41, 5.74) is 4.18. The summed E-state index contributed by atoms with van der Waals surface area (Å²) in [7, 11) is 0. The molecule has 0 saturated carbocycles. The van der Waals surface area contributed by atoms with Crippen LogP contribution < -0.4 is 5.32 Å². The van der Waals surface area contributed by atoms with Gasteiger partial charge in [0, 0.05) is 25.6 Å². The normalized spacial score (nSPS) is 17.1. The van der Waals surface area contributed by atoms with Crippen molar-refractivity contribution in [1.82, 2.24) is 10.2 Å². The van der Waals surface area contributed by atoms with Gasteiger partial charge < -0.3 is 5.32 Å². The third-order valence-electron chi connectivity index (χ3n) is 5.56. The third kappa shape index (κ3) is 5.94. The molecule has 1 fully saturated rings. The molecule has 1 atom stereocenters. The number of nitriles is 1. The maximum absolute atomic E-state index is 12.1. The van der Waals surface area contributed by atoms with Crippen molar-refractivity contribution in [3.8, 4) is 6.07 Å². The van der Waals surface area contributed by atoms with Crippen LogP contribution in [-0.4, -0.2) is 23.4 Å². The van der Waals surface area contributed by atoms with E-state index in [0.717, 1.165) is 17.7 Å². The van der Waals surface area contributed by atoms with Crippen LogP contribution in [-0.2, 0) is 24.3 Å². The molecular formula is C24H29N3O. The number of piperidine rings is 1. The second-order valence-electron chi connectivity index (χ2n) is 7.72. The van der Waals surface area contributed by atoms with E-state index in [1.54, 1.807) is 12.1 Å². The lowest BCUT2D eigenvalue weighted by Gasteiger charge is -2.33. The third-order valence-corrected chi connectivity index (χ3v) is 5.56. The molecule has 1 saturated heterocycles. The summed E-state index contributed by atoms with van der Waals surface area (Å²) in [6, 6.07) is 18.8. The highest BCUT2D eigenvalue weighted by Gasteiger charge is 2.17. The number of hydrogen-bond acceptors (Lipinski definition) is 3. The number of rotatable bonds is 7. The molecule has 0 bridgehead atoms. The Labute approximate surface area is 168 Å². The van der Waals surface area contributed by atoms with Crippen LogP contribution in [0.25, 0.3) is 0 Å². The lowest BCUT2D eigenvalue weighted by atomic mass is 10.0. The van der Waals surface area contributed by atoms with E-state index in [4.69, 9.17) is 5.26 Å². The standard InChI is InChI=1S/C24H29N3O/c1-19-4-2-3-15-27(19)18-23-11-9-22(10-12-23)17-26-24(28)14-13-20-5-7-21(16-25)8-6-20/h5-12,19H,2-4,13-15,17-18H2,1H3,(H,26,28)/t19-/m1/s1. The Balaban J connectivity index is 1.41. The smallest absolute Gasteiger partial charge is 0.220 e. The fourth-order valence-electron chi connectivity index (χ4n) is 3.68. The fourth-order valence-corrected chi connectivity index (χ4v) is 3.68. The predicted octanol–water partition coefficient (Wildman–Crippen LogP) is 4.18. The van der Waals surface area contributed by atoms with Crippen molar-refractivity contribution in [3.05, 3.63) is 70.8 Å². The molecule has 3 rings (SSSR count). The zero-order valence-corrected chi connectivity index (χ0v) is 16.7. The van der Waals surface area contributed by atoms with Crippen LogP contribution in [0.5, 0.6) is 0 Å². The maximum Gasteiger partial charge on any atom is 0.220 e. The van der Waals surface area contributed by atoms with E-state index in [2.05, 4.69) is 47.5 Å². The number of carbonyl (C=O) groups excluding carboxylic acids is 1. The molecule has 1 heterocycles. The summed E-state index contributed by atoms with van der Waals surface area (Å²) in [6.07, 6.45) is 5.09. The molecule has 2 aromatic carbocycles. The van der Waals surface area contributed by atoms with Crippen LogP contribution >= 0.6 is 0 Å². The first kappa shape index (κ1) is 20.1. The van der Waals surface area contributed by atoms with Gasteiger partial charge in [-0.3, -0.25) is 9.69 Å². The van der Waals surface area contributed by atoms with Gasteiger partial charge in [0.15, 0.2) is 0 Å². The number of hydrogen-bond donors (Lipinski definition) is 1. The van der Waals surface area contributed by atoms with Crippen LogP contribution in [0.1, 0.15) is 54.9 Å². The molecule has 1 aliphatic heterocycles. The minimum Gasteiger partial charge on any atom is -0.352 e. The molecular weight excluding hydrogens is 346 g/mol. The molecule has 0 spiro atoms. The van der Waals surface area contributed by atoms with E-state index in [-0.39, 0.29) is 5.91 Å². The van der Waals surface area contributed by atoms with Gasteiger partial charge in [0.1, 0.15) is 0 Å². The van der Waals surface area contributed by atoms with Gasteiger partial charge in [-0.15, -0.1) is 0 Å². The minimum atomic E-state index is 0.0515. The Morgan fingerprint density at radius 2 is 1.75 bits per heavy atom. The van der Waals surface area contributed by atoms with E-state index in [0.29, 0.717) is 31.0 Å². The summed E-state index contributed by atoms with van der Waals surface area (Å²) < 4.78 is 0. The second kappa shape index (κ2) is 10.1. The second-order valence-corrected chi connectivity index (χ2v) is 7.72. The minimum absolute atomic E-state index is 0.0515. The molecule has 0 unspecified atom stereocenters. The van der Waals surface area contributed by atoms with Crippen LogP contribution in [0, 0.1) is 11.3 Å². The monoisotopic (exact) mass is 375 g/mol. The summed E-state index contributed by atoms with van der Waals surface area (Å²) in [5.74, 6) is 0.0515. The first-order chi connectivity index (χ1) is 13.6. The van der Waals surface area contributed by atoms with E-state index in [9.17, 15) is 4.79 Å². The molecule has 4 nitrogen and oxygen atoms in total. The van der Waals surface area contributed by atoms with E-state index in [1.807, 2.05) is 12.1 Å². The average molecular weight is 376 g/mol. The number of nitrogens with one attached hydrogen (secondary N) is 1. The van der Waals surface area contributed by atoms with Crippen LogP contribution in [0.4, 0.5) is 0 Å². The van der Waals surface area contributed by atoms with E-state index in [1.165, 1.54) is 31.4 Å². The molecule has 2 aromatic rings. The molecule has 4 heteroatoms.